The molecule has 1 atom stereocenters. The van der Waals surface area contributed by atoms with E-state index in [1.807, 2.05) is 6.07 Å². The van der Waals surface area contributed by atoms with Gasteiger partial charge in [-0.15, -0.1) is 0 Å². The van der Waals surface area contributed by atoms with Crippen molar-refractivity contribution < 1.29 is 42.3 Å². The van der Waals surface area contributed by atoms with Crippen LogP contribution < -0.4 is 26.2 Å². The van der Waals surface area contributed by atoms with E-state index in [-0.39, 0.29) is 60.5 Å². The Kier molecular flexibility index (Phi) is 12.8. The van der Waals surface area contributed by atoms with Crippen molar-refractivity contribution in [1.29, 1.82) is 0 Å². The van der Waals surface area contributed by atoms with E-state index >= 15 is 8.78 Å². The van der Waals surface area contributed by atoms with E-state index in [0.717, 1.165) is 41.0 Å². The standard InChI is InChI=1S/C46H53F2N11O7/c1-49-46(65)55-18-12-35-33(26-55)42(54-59(35)29-13-20-66-21-14-29)57-17-5-6-27-22-31(32(41(47)48)23-37(27)57)28-24-52-56(25-28)19-16-51-38(60)9-2-3-15-50-34-8-4-7-30-40(34)45(64)58(44(30)63)36-10-11-39(61)53-43(36)62/h4,7-8,22-25,29,36,41,50H,2-3,5-6,9-21,26H2,1H3,(H,49,65)(H,51,60)(H,53,61,62). The molecule has 7 amide bonds. The average Bonchev–Trinajstić information content (AvgIpc) is 4.02. The van der Waals surface area contributed by atoms with Crippen LogP contribution in [0.1, 0.15) is 107 Å². The maximum Gasteiger partial charge on any atom is 0.317 e. The molecule has 0 bridgehead atoms. The second-order valence-electron chi connectivity index (χ2n) is 17.3. The quantitative estimate of drug-likeness (QED) is 0.102. The van der Waals surface area contributed by atoms with Crippen molar-refractivity contribution in [1.82, 2.24) is 45.3 Å². The molecule has 2 aromatic carbocycles. The number of nitrogens with one attached hydrogen (secondary N) is 4. The Hall–Kier alpha value is -6.70. The summed E-state index contributed by atoms with van der Waals surface area (Å²) in [5.41, 5.74) is 5.30. The van der Waals surface area contributed by atoms with E-state index in [1.54, 1.807) is 47.2 Å². The number of imide groups is 2. The van der Waals surface area contributed by atoms with Gasteiger partial charge < -0.3 is 30.5 Å². The summed E-state index contributed by atoms with van der Waals surface area (Å²) in [6, 6.07) is 7.23. The van der Waals surface area contributed by atoms with Crippen molar-refractivity contribution >= 4 is 52.8 Å². The zero-order valence-electron chi connectivity index (χ0n) is 36.7. The maximum atomic E-state index is 15.0. The third kappa shape index (κ3) is 8.72. The number of carbonyl (C=O) groups excluding carboxylic acids is 6. The highest BCUT2D eigenvalue weighted by Gasteiger charge is 2.45. The lowest BCUT2D eigenvalue weighted by molar-refractivity contribution is -0.136. The van der Waals surface area contributed by atoms with Crippen LogP contribution in [0, 0.1) is 0 Å². The molecule has 20 heteroatoms. The first kappa shape index (κ1) is 44.5. The second-order valence-corrected chi connectivity index (χ2v) is 17.3. The lowest BCUT2D eigenvalue weighted by Gasteiger charge is -2.33. The number of ether oxygens (including phenoxy) is 1. The van der Waals surface area contributed by atoms with Crippen molar-refractivity contribution in [2.45, 2.75) is 95.8 Å². The number of fused-ring (bicyclic) bond motifs is 3. The van der Waals surface area contributed by atoms with Crippen LogP contribution >= 0.6 is 0 Å². The van der Waals surface area contributed by atoms with E-state index in [9.17, 15) is 28.8 Å². The molecule has 5 aliphatic rings. The second kappa shape index (κ2) is 19.0. The Balaban J connectivity index is 0.802. The van der Waals surface area contributed by atoms with Crippen LogP contribution in [0.2, 0.25) is 0 Å². The number of hydrogen-bond acceptors (Lipinski definition) is 11. The Bertz CT molecular complexity index is 2570. The minimum atomic E-state index is -2.76. The summed E-state index contributed by atoms with van der Waals surface area (Å²) >= 11 is 0. The molecule has 18 nitrogen and oxygen atoms in total. The highest BCUT2D eigenvalue weighted by Crippen LogP contribution is 2.44. The van der Waals surface area contributed by atoms with Gasteiger partial charge in [0.25, 0.3) is 18.2 Å². The predicted molar refractivity (Wildman–Crippen MR) is 236 cm³/mol. The maximum absolute atomic E-state index is 15.0. The van der Waals surface area contributed by atoms with Crippen molar-refractivity contribution in [3.63, 3.8) is 0 Å². The monoisotopic (exact) mass is 909 g/mol. The number of anilines is 3. The van der Waals surface area contributed by atoms with Crippen molar-refractivity contribution in [2.75, 3.05) is 56.7 Å². The molecule has 0 spiro atoms. The number of urea groups is 1. The third-order valence-corrected chi connectivity index (χ3v) is 13.2. The van der Waals surface area contributed by atoms with Crippen LogP contribution in [-0.2, 0) is 45.1 Å². The summed E-state index contributed by atoms with van der Waals surface area (Å²) < 4.78 is 39.4. The number of amides is 7. The molecule has 7 heterocycles. The molecule has 9 rings (SSSR count). The van der Waals surface area contributed by atoms with Gasteiger partial charge in [0.1, 0.15) is 6.04 Å². The topological polar surface area (TPSA) is 205 Å². The fraction of sp³-hybridized carbons (Fsp3) is 0.478. The number of aryl methyl sites for hydroxylation is 1. The van der Waals surface area contributed by atoms with Crippen LogP contribution in [0.25, 0.3) is 11.1 Å². The lowest BCUT2D eigenvalue weighted by atomic mass is 9.92. The van der Waals surface area contributed by atoms with Gasteiger partial charge in [0.2, 0.25) is 17.7 Å². The lowest BCUT2D eigenvalue weighted by Crippen LogP contribution is -2.54. The number of unbranched alkanes of at least 4 members (excludes halogenated alkanes) is 1. The fourth-order valence-corrected chi connectivity index (χ4v) is 9.83. The SMILES string of the molecule is CNC(=O)N1CCc2c(c(N3CCCc4cc(-c5cnn(CCNC(=O)CCCCNc6cccc7c6C(=O)N(C6CCC(=O)NC6=O)C7=O)c5)c(C(F)F)cc43)nn2C2CCOCC2)C1. The van der Waals surface area contributed by atoms with E-state index in [1.165, 1.54) is 6.07 Å². The van der Waals surface area contributed by atoms with Gasteiger partial charge in [-0.3, -0.25) is 43.6 Å². The number of hydrogen-bond donors (Lipinski definition) is 4. The molecule has 1 unspecified atom stereocenters. The fourth-order valence-electron chi connectivity index (χ4n) is 9.83. The molecule has 2 aromatic heterocycles. The molecule has 348 valence electrons. The van der Waals surface area contributed by atoms with Crippen molar-refractivity contribution in [3.8, 4) is 11.1 Å². The van der Waals surface area contributed by atoms with Crippen LogP contribution in [0.5, 0.6) is 0 Å². The van der Waals surface area contributed by atoms with E-state index in [4.69, 9.17) is 9.84 Å². The number of halogens is 2. The van der Waals surface area contributed by atoms with Gasteiger partial charge in [0.05, 0.1) is 36.5 Å². The molecular weight excluding hydrogens is 857 g/mol. The molecule has 2 fully saturated rings. The largest absolute Gasteiger partial charge is 0.384 e. The Labute approximate surface area is 379 Å². The first-order valence-corrected chi connectivity index (χ1v) is 22.8. The zero-order valence-corrected chi connectivity index (χ0v) is 36.7. The average molecular weight is 910 g/mol. The predicted octanol–water partition coefficient (Wildman–Crippen LogP) is 4.62. The van der Waals surface area contributed by atoms with Gasteiger partial charge in [0, 0.05) is 106 Å². The molecule has 2 saturated heterocycles. The number of piperidine rings is 1. The summed E-state index contributed by atoms with van der Waals surface area (Å²) in [6.45, 7) is 3.84. The summed E-state index contributed by atoms with van der Waals surface area (Å²) in [4.78, 5) is 80.8. The van der Waals surface area contributed by atoms with Crippen molar-refractivity contribution in [3.05, 3.63) is 76.2 Å². The first-order chi connectivity index (χ1) is 32.0. The van der Waals surface area contributed by atoms with Gasteiger partial charge in [0.15, 0.2) is 5.82 Å². The summed E-state index contributed by atoms with van der Waals surface area (Å²) in [5, 5.41) is 20.6. The van der Waals surface area contributed by atoms with Crippen LogP contribution in [0.4, 0.5) is 30.8 Å². The minimum Gasteiger partial charge on any atom is -0.384 e. The van der Waals surface area contributed by atoms with E-state index in [2.05, 4.69) is 35.9 Å². The van der Waals surface area contributed by atoms with Crippen LogP contribution in [0.3, 0.4) is 0 Å². The Morgan fingerprint density at radius 3 is 2.59 bits per heavy atom. The molecule has 4 aromatic rings. The zero-order chi connectivity index (χ0) is 46.1. The number of carbonyl (C=O) groups is 6. The van der Waals surface area contributed by atoms with Crippen LogP contribution in [-0.4, -0.2) is 117 Å². The number of benzene rings is 2. The molecule has 0 saturated carbocycles. The Morgan fingerprint density at radius 1 is 0.970 bits per heavy atom. The van der Waals surface area contributed by atoms with E-state index < -0.39 is 36.1 Å². The smallest absolute Gasteiger partial charge is 0.317 e. The number of alkyl halides is 2. The normalized spacial score (nSPS) is 18.6. The number of aromatic nitrogens is 4. The van der Waals surface area contributed by atoms with Crippen molar-refractivity contribution in [2.24, 2.45) is 0 Å². The molecular formula is C46H53F2N11O7. The van der Waals surface area contributed by atoms with Crippen LogP contribution in [0.15, 0.2) is 42.7 Å². The van der Waals surface area contributed by atoms with Gasteiger partial charge in [-0.25, -0.2) is 13.6 Å². The first-order valence-electron chi connectivity index (χ1n) is 22.8. The molecule has 0 aliphatic carbocycles. The van der Waals surface area contributed by atoms with Gasteiger partial charge >= 0.3 is 6.03 Å². The third-order valence-electron chi connectivity index (χ3n) is 13.2. The minimum absolute atomic E-state index is 0.0332. The highest BCUT2D eigenvalue weighted by molar-refractivity contribution is 6.25. The van der Waals surface area contributed by atoms with E-state index in [0.29, 0.717) is 99.9 Å². The summed E-state index contributed by atoms with van der Waals surface area (Å²) in [5.74, 6) is -1.75. The molecule has 0 radical (unpaired) electrons. The Morgan fingerprint density at radius 2 is 1.80 bits per heavy atom. The molecule has 5 aliphatic heterocycles. The number of rotatable bonds is 14. The summed E-state index contributed by atoms with van der Waals surface area (Å²) in [6.07, 6.45) is 5.78. The van der Waals surface area contributed by atoms with Gasteiger partial charge in [-0.1, -0.05) is 6.07 Å². The molecule has 66 heavy (non-hydrogen) atoms. The summed E-state index contributed by atoms with van der Waals surface area (Å²) in [7, 11) is 1.61. The highest BCUT2D eigenvalue weighted by atomic mass is 19.3. The van der Waals surface area contributed by atoms with Gasteiger partial charge in [-0.05, 0) is 80.3 Å². The van der Waals surface area contributed by atoms with Gasteiger partial charge in [-0.2, -0.15) is 10.2 Å². The number of nitrogens with zero attached hydrogens (tertiary/aromatic N) is 7. The molecule has 4 N–H and O–H groups in total.